The van der Waals surface area contributed by atoms with E-state index >= 15 is 0 Å². The molecule has 0 radical (unpaired) electrons. The molecule has 1 saturated heterocycles. The summed E-state index contributed by atoms with van der Waals surface area (Å²) in [5.74, 6) is -0.135. The molecule has 0 spiro atoms. The molecule has 0 aromatic carbocycles. The van der Waals surface area contributed by atoms with E-state index in [1.54, 1.807) is 0 Å². The normalized spacial score (nSPS) is 18.9. The predicted molar refractivity (Wildman–Crippen MR) is 41.1 cm³/mol. The van der Waals surface area contributed by atoms with E-state index in [2.05, 4.69) is 22.9 Å². The smallest absolute Gasteiger partial charge is 0.232 e. The number of thiocarbonyl (C=S) groups is 2. The van der Waals surface area contributed by atoms with Crippen molar-refractivity contribution in [2.75, 3.05) is 0 Å². The molecular formula is C4H4N2OS2. The summed E-state index contributed by atoms with van der Waals surface area (Å²) in [6.07, 6.45) is 0.246. The van der Waals surface area contributed by atoms with Crippen molar-refractivity contribution in [2.45, 2.75) is 6.42 Å². The Balaban J connectivity index is 2.64. The fourth-order valence-corrected chi connectivity index (χ4v) is 1.05. The highest BCUT2D eigenvalue weighted by Gasteiger charge is 2.14. The average molecular weight is 160 g/mol. The lowest BCUT2D eigenvalue weighted by molar-refractivity contribution is -0.118. The summed E-state index contributed by atoms with van der Waals surface area (Å²) in [6.45, 7) is 0. The van der Waals surface area contributed by atoms with Crippen LogP contribution in [0.25, 0.3) is 0 Å². The van der Waals surface area contributed by atoms with E-state index in [4.69, 9.17) is 12.2 Å². The van der Waals surface area contributed by atoms with Gasteiger partial charge in [0.1, 0.15) is 0 Å². The Morgan fingerprint density at radius 3 is 2.44 bits per heavy atom. The Kier molecular flexibility index (Phi) is 1.73. The van der Waals surface area contributed by atoms with Crippen molar-refractivity contribution in [3.63, 3.8) is 0 Å². The van der Waals surface area contributed by atoms with Crippen LogP contribution in [0.4, 0.5) is 0 Å². The first kappa shape index (κ1) is 6.57. The van der Waals surface area contributed by atoms with Gasteiger partial charge in [-0.3, -0.25) is 4.79 Å². The van der Waals surface area contributed by atoms with Gasteiger partial charge in [0.2, 0.25) is 5.91 Å². The van der Waals surface area contributed by atoms with Crippen LogP contribution in [-0.2, 0) is 4.79 Å². The molecule has 0 aromatic rings. The van der Waals surface area contributed by atoms with Gasteiger partial charge in [0, 0.05) is 0 Å². The third-order valence-electron chi connectivity index (χ3n) is 0.827. The molecule has 1 aliphatic heterocycles. The molecule has 0 saturated carbocycles. The standard InChI is InChI=1S/C4H4N2OS2/c7-2-1-3(8)6-4(9)5-2/h1H2,(H2,5,6,7,8,9). The van der Waals surface area contributed by atoms with Crippen molar-refractivity contribution in [1.82, 2.24) is 10.6 Å². The maximum absolute atomic E-state index is 10.6. The molecule has 0 aromatic heterocycles. The average Bonchev–Trinajstić information content (AvgIpc) is 1.59. The van der Waals surface area contributed by atoms with Crippen LogP contribution in [0, 0.1) is 0 Å². The van der Waals surface area contributed by atoms with Gasteiger partial charge >= 0.3 is 0 Å². The van der Waals surface area contributed by atoms with Gasteiger partial charge in [-0.1, -0.05) is 12.2 Å². The second-order valence-corrected chi connectivity index (χ2v) is 2.50. The largest absolute Gasteiger partial charge is 0.326 e. The Morgan fingerprint density at radius 2 is 2.00 bits per heavy atom. The predicted octanol–water partition coefficient (Wildman–Crippen LogP) is -0.292. The molecule has 1 fully saturated rings. The van der Waals surface area contributed by atoms with Crippen LogP contribution < -0.4 is 10.6 Å². The monoisotopic (exact) mass is 160 g/mol. The van der Waals surface area contributed by atoms with Gasteiger partial charge in [-0.25, -0.2) is 0 Å². The van der Waals surface area contributed by atoms with Crippen LogP contribution in [-0.4, -0.2) is 16.0 Å². The van der Waals surface area contributed by atoms with Crippen molar-refractivity contribution in [3.8, 4) is 0 Å². The van der Waals surface area contributed by atoms with E-state index in [1.807, 2.05) is 0 Å². The zero-order valence-corrected chi connectivity index (χ0v) is 6.06. The molecule has 0 atom stereocenters. The number of rotatable bonds is 0. The van der Waals surface area contributed by atoms with Crippen molar-refractivity contribution in [3.05, 3.63) is 0 Å². The summed E-state index contributed by atoms with van der Waals surface area (Å²) < 4.78 is 0. The topological polar surface area (TPSA) is 41.1 Å². The van der Waals surface area contributed by atoms with E-state index in [0.29, 0.717) is 10.1 Å². The quantitative estimate of drug-likeness (QED) is 0.478. The number of hydrogen-bond donors (Lipinski definition) is 2. The summed E-state index contributed by atoms with van der Waals surface area (Å²) in [5.41, 5.74) is 0. The molecule has 5 heteroatoms. The summed E-state index contributed by atoms with van der Waals surface area (Å²) in [7, 11) is 0. The Hall–Kier alpha value is -0.550. The Morgan fingerprint density at radius 1 is 1.33 bits per heavy atom. The number of nitrogens with one attached hydrogen (secondary N) is 2. The lowest BCUT2D eigenvalue weighted by Crippen LogP contribution is -2.48. The molecular weight excluding hydrogens is 156 g/mol. The first-order valence-corrected chi connectivity index (χ1v) is 3.14. The molecule has 2 N–H and O–H groups in total. The summed E-state index contributed by atoms with van der Waals surface area (Å²) in [5, 5.41) is 5.35. The third kappa shape index (κ3) is 1.69. The number of hydrogen-bond acceptors (Lipinski definition) is 3. The summed E-state index contributed by atoms with van der Waals surface area (Å²) in [4.78, 5) is 11.0. The SMILES string of the molecule is O=C1CC(=S)NC(=S)N1. The summed E-state index contributed by atoms with van der Waals surface area (Å²) in [6, 6.07) is 0. The highest BCUT2D eigenvalue weighted by Crippen LogP contribution is 1.89. The van der Waals surface area contributed by atoms with Crippen molar-refractivity contribution in [2.24, 2.45) is 0 Å². The molecule has 1 amide bonds. The fraction of sp³-hybridized carbons (Fsp3) is 0.250. The first-order chi connectivity index (χ1) is 4.18. The lowest BCUT2D eigenvalue weighted by atomic mass is 10.3. The van der Waals surface area contributed by atoms with Gasteiger partial charge in [0.25, 0.3) is 0 Å². The minimum absolute atomic E-state index is 0.135. The van der Waals surface area contributed by atoms with Crippen molar-refractivity contribution < 1.29 is 4.79 Å². The molecule has 1 heterocycles. The van der Waals surface area contributed by atoms with Crippen LogP contribution in [0.15, 0.2) is 0 Å². The second kappa shape index (κ2) is 2.36. The van der Waals surface area contributed by atoms with Gasteiger partial charge in [0.05, 0.1) is 11.4 Å². The molecule has 48 valence electrons. The molecule has 0 bridgehead atoms. The summed E-state index contributed by atoms with van der Waals surface area (Å²) >= 11 is 9.33. The minimum atomic E-state index is -0.135. The number of carbonyl (C=O) groups excluding carboxylic acids is 1. The lowest BCUT2D eigenvalue weighted by Gasteiger charge is -2.14. The van der Waals surface area contributed by atoms with Gasteiger partial charge in [0.15, 0.2) is 5.11 Å². The first-order valence-electron chi connectivity index (χ1n) is 2.32. The van der Waals surface area contributed by atoms with Crippen molar-refractivity contribution in [1.29, 1.82) is 0 Å². The van der Waals surface area contributed by atoms with Crippen LogP contribution in [0.2, 0.25) is 0 Å². The maximum Gasteiger partial charge on any atom is 0.232 e. The zero-order valence-electron chi connectivity index (χ0n) is 4.43. The Bertz CT molecular complexity index is 144. The van der Waals surface area contributed by atoms with E-state index in [0.717, 1.165) is 0 Å². The van der Waals surface area contributed by atoms with Crippen LogP contribution in [0.1, 0.15) is 6.42 Å². The zero-order chi connectivity index (χ0) is 6.85. The van der Waals surface area contributed by atoms with E-state index in [1.165, 1.54) is 0 Å². The fourth-order valence-electron chi connectivity index (χ4n) is 0.519. The third-order valence-corrected chi connectivity index (χ3v) is 1.28. The maximum atomic E-state index is 10.6. The number of amides is 1. The molecule has 0 aliphatic carbocycles. The second-order valence-electron chi connectivity index (χ2n) is 1.60. The van der Waals surface area contributed by atoms with E-state index in [9.17, 15) is 4.79 Å². The van der Waals surface area contributed by atoms with Gasteiger partial charge in [-0.05, 0) is 12.2 Å². The molecule has 9 heavy (non-hydrogen) atoms. The molecule has 0 unspecified atom stereocenters. The van der Waals surface area contributed by atoms with Crippen LogP contribution >= 0.6 is 24.4 Å². The van der Waals surface area contributed by atoms with Gasteiger partial charge in [-0.15, -0.1) is 0 Å². The number of carbonyl (C=O) groups is 1. The highest BCUT2D eigenvalue weighted by atomic mass is 32.1. The van der Waals surface area contributed by atoms with E-state index < -0.39 is 0 Å². The highest BCUT2D eigenvalue weighted by molar-refractivity contribution is 7.82. The van der Waals surface area contributed by atoms with Crippen molar-refractivity contribution >= 4 is 40.4 Å². The molecule has 1 aliphatic rings. The van der Waals surface area contributed by atoms with Crippen LogP contribution in [0.3, 0.4) is 0 Å². The minimum Gasteiger partial charge on any atom is -0.326 e. The van der Waals surface area contributed by atoms with E-state index in [-0.39, 0.29) is 12.3 Å². The van der Waals surface area contributed by atoms with Gasteiger partial charge in [-0.2, -0.15) is 0 Å². The Labute approximate surface area is 62.8 Å². The molecule has 1 rings (SSSR count). The molecule has 3 nitrogen and oxygen atoms in total. The van der Waals surface area contributed by atoms with Gasteiger partial charge < -0.3 is 10.6 Å². The van der Waals surface area contributed by atoms with Crippen LogP contribution in [0.5, 0.6) is 0 Å².